The zero-order valence-corrected chi connectivity index (χ0v) is 19.4. The Morgan fingerprint density at radius 2 is 1.89 bits per heavy atom. The van der Waals surface area contributed by atoms with E-state index in [1.807, 2.05) is 0 Å². The third-order valence-electron chi connectivity index (χ3n) is 5.74. The van der Waals surface area contributed by atoms with Crippen molar-refractivity contribution in [2.24, 2.45) is 5.92 Å². The van der Waals surface area contributed by atoms with Gasteiger partial charge in [-0.2, -0.15) is 0 Å². The quantitative estimate of drug-likeness (QED) is 0.383. The van der Waals surface area contributed by atoms with Gasteiger partial charge in [0, 0.05) is 29.2 Å². The lowest BCUT2D eigenvalue weighted by molar-refractivity contribution is -0.144. The largest absolute Gasteiger partial charge is 0.469 e. The molecule has 2 aromatic rings. The van der Waals surface area contributed by atoms with Crippen molar-refractivity contribution in [3.05, 3.63) is 51.4 Å². The molecule has 5 N–H and O–H groups in total. The predicted molar refractivity (Wildman–Crippen MR) is 124 cm³/mol. The van der Waals surface area contributed by atoms with Crippen molar-refractivity contribution in [1.82, 2.24) is 15.3 Å². The molecule has 0 fully saturated rings. The molecule has 186 valence electrons. The molecule has 1 aromatic heterocycles. The summed E-state index contributed by atoms with van der Waals surface area (Å²) in [6, 6.07) is 5.08. The number of hydrogen-bond acceptors (Lipinski definition) is 9. The van der Waals surface area contributed by atoms with Crippen LogP contribution in [-0.4, -0.2) is 54.0 Å². The number of carbonyl (C=O) groups excluding carboxylic acids is 4. The van der Waals surface area contributed by atoms with E-state index in [1.165, 1.54) is 26.4 Å². The number of hydrogen-bond donors (Lipinski definition) is 4. The number of amides is 2. The van der Waals surface area contributed by atoms with Crippen molar-refractivity contribution in [3.63, 3.8) is 0 Å². The molecule has 2 amide bonds. The molecular weight excluding hydrogens is 458 g/mol. The van der Waals surface area contributed by atoms with Crippen molar-refractivity contribution in [2.45, 2.75) is 38.1 Å². The highest BCUT2D eigenvalue weighted by atomic mass is 16.5. The summed E-state index contributed by atoms with van der Waals surface area (Å²) in [5.41, 5.74) is 7.03. The number of anilines is 2. The molecule has 1 aromatic carbocycles. The highest BCUT2D eigenvalue weighted by Gasteiger charge is 2.28. The molecule has 0 radical (unpaired) electrons. The van der Waals surface area contributed by atoms with Crippen LogP contribution in [0.1, 0.15) is 40.9 Å². The Labute approximate surface area is 200 Å². The number of rotatable bonds is 8. The molecule has 1 aliphatic rings. The first kappa shape index (κ1) is 25.4. The Bertz CT molecular complexity index is 1180. The molecule has 0 spiro atoms. The van der Waals surface area contributed by atoms with Gasteiger partial charge in [-0.25, -0.2) is 9.78 Å². The number of H-pyrrole nitrogens is 1. The number of aromatic amines is 1. The Kier molecular flexibility index (Phi) is 8.18. The van der Waals surface area contributed by atoms with E-state index in [2.05, 4.69) is 30.1 Å². The fraction of sp³-hybridized carbons (Fsp3) is 0.391. The molecule has 0 saturated carbocycles. The molecule has 2 unspecified atom stereocenters. The zero-order chi connectivity index (χ0) is 25.5. The summed E-state index contributed by atoms with van der Waals surface area (Å²) < 4.78 is 9.24. The number of nitrogens with zero attached hydrogens (tertiary/aromatic N) is 1. The summed E-state index contributed by atoms with van der Waals surface area (Å²) in [6.07, 6.45) is 1.20. The fourth-order valence-corrected chi connectivity index (χ4v) is 3.81. The molecule has 35 heavy (non-hydrogen) atoms. The fourth-order valence-electron chi connectivity index (χ4n) is 3.81. The number of ether oxygens (including phenoxy) is 2. The van der Waals surface area contributed by atoms with Crippen molar-refractivity contribution < 1.29 is 28.7 Å². The molecule has 3 rings (SSSR count). The summed E-state index contributed by atoms with van der Waals surface area (Å²) in [7, 11) is 2.42. The van der Waals surface area contributed by atoms with Gasteiger partial charge in [-0.1, -0.05) is 0 Å². The lowest BCUT2D eigenvalue weighted by Gasteiger charge is -2.22. The smallest absolute Gasteiger partial charge is 0.328 e. The van der Waals surface area contributed by atoms with Crippen LogP contribution in [0, 0.1) is 5.92 Å². The van der Waals surface area contributed by atoms with Crippen molar-refractivity contribution in [2.75, 3.05) is 25.3 Å². The van der Waals surface area contributed by atoms with E-state index in [0.717, 1.165) is 0 Å². The van der Waals surface area contributed by atoms with E-state index in [4.69, 9.17) is 5.73 Å². The van der Waals surface area contributed by atoms with Crippen LogP contribution in [0.5, 0.6) is 0 Å². The summed E-state index contributed by atoms with van der Waals surface area (Å²) in [6.45, 7) is 0. The number of aromatic nitrogens is 2. The van der Waals surface area contributed by atoms with Gasteiger partial charge in [0.2, 0.25) is 11.9 Å². The second-order valence-corrected chi connectivity index (χ2v) is 8.05. The first-order chi connectivity index (χ1) is 16.7. The minimum atomic E-state index is -1.02. The highest BCUT2D eigenvalue weighted by molar-refractivity contribution is 5.98. The number of aryl methyl sites for hydroxylation is 1. The number of nitrogens with two attached hydrogens (primary N) is 1. The summed E-state index contributed by atoms with van der Waals surface area (Å²) >= 11 is 0. The molecule has 12 heteroatoms. The predicted octanol–water partition coefficient (Wildman–Crippen LogP) is 0.320. The first-order valence-corrected chi connectivity index (χ1v) is 11.0. The first-order valence-electron chi connectivity index (χ1n) is 11.0. The maximum atomic E-state index is 12.7. The lowest BCUT2D eigenvalue weighted by Crippen LogP contribution is -2.41. The number of nitrogen functional groups attached to an aromatic ring is 1. The molecular formula is C23H27N5O7. The number of methoxy groups -OCH3 is 2. The molecule has 1 aliphatic carbocycles. The van der Waals surface area contributed by atoms with Gasteiger partial charge in [0.1, 0.15) is 6.04 Å². The Hall–Kier alpha value is -4.22. The lowest BCUT2D eigenvalue weighted by atomic mass is 9.86. The molecule has 0 aliphatic heterocycles. The van der Waals surface area contributed by atoms with Gasteiger partial charge >= 0.3 is 11.9 Å². The number of nitrogens with one attached hydrogen (secondary N) is 3. The van der Waals surface area contributed by atoms with Crippen LogP contribution < -0.4 is 21.9 Å². The standard InChI is InChI=1S/C23H27N5O7/c1-34-18(29)10-9-17(22(33)35-2)26-19(30)12-3-6-14(7-4-12)25-20(31)13-5-8-16-15(11-13)21(32)28-23(24)27-16/h3-4,6-7,13,17H,5,8-11H2,1-2H3,(H,25,31)(H,26,30)(H3,24,27,28,32). The van der Waals surface area contributed by atoms with Gasteiger partial charge in [-0.15, -0.1) is 0 Å². The number of esters is 2. The van der Waals surface area contributed by atoms with Gasteiger partial charge in [-0.3, -0.25) is 24.2 Å². The number of carbonyl (C=O) groups is 4. The van der Waals surface area contributed by atoms with E-state index in [-0.39, 0.29) is 42.2 Å². The van der Waals surface area contributed by atoms with Gasteiger partial charge < -0.3 is 25.8 Å². The molecule has 2 atom stereocenters. The normalized spacial score (nSPS) is 15.3. The minimum Gasteiger partial charge on any atom is -0.469 e. The van der Waals surface area contributed by atoms with Crippen LogP contribution in [0.3, 0.4) is 0 Å². The maximum Gasteiger partial charge on any atom is 0.328 e. The van der Waals surface area contributed by atoms with Gasteiger partial charge in [-0.05, 0) is 49.9 Å². The van der Waals surface area contributed by atoms with Gasteiger partial charge in [0.15, 0.2) is 0 Å². The van der Waals surface area contributed by atoms with Crippen LogP contribution >= 0.6 is 0 Å². The Morgan fingerprint density at radius 3 is 2.54 bits per heavy atom. The van der Waals surface area contributed by atoms with Crippen LogP contribution in [0.15, 0.2) is 29.1 Å². The average molecular weight is 485 g/mol. The van der Waals surface area contributed by atoms with Crippen LogP contribution in [-0.2, 0) is 36.7 Å². The van der Waals surface area contributed by atoms with Gasteiger partial charge in [0.05, 0.1) is 19.9 Å². The SMILES string of the molecule is COC(=O)CCC(NC(=O)c1ccc(NC(=O)C2CCc3nc(N)[nH]c(=O)c3C2)cc1)C(=O)OC. The summed E-state index contributed by atoms with van der Waals surface area (Å²) in [4.78, 5) is 67.4. The van der Waals surface area contributed by atoms with Crippen molar-refractivity contribution >= 4 is 35.4 Å². The minimum absolute atomic E-state index is 0.0225. The van der Waals surface area contributed by atoms with Crippen molar-refractivity contribution in [1.29, 1.82) is 0 Å². The third kappa shape index (κ3) is 6.43. The van der Waals surface area contributed by atoms with E-state index in [9.17, 15) is 24.0 Å². The number of fused-ring (bicyclic) bond motifs is 1. The van der Waals surface area contributed by atoms with Crippen LogP contribution in [0.25, 0.3) is 0 Å². The average Bonchev–Trinajstić information content (AvgIpc) is 2.85. The highest BCUT2D eigenvalue weighted by Crippen LogP contribution is 2.24. The monoisotopic (exact) mass is 485 g/mol. The van der Waals surface area contributed by atoms with Crippen LogP contribution in [0.2, 0.25) is 0 Å². The van der Waals surface area contributed by atoms with E-state index >= 15 is 0 Å². The second kappa shape index (κ2) is 11.3. The number of benzene rings is 1. The van der Waals surface area contributed by atoms with Crippen LogP contribution in [0.4, 0.5) is 11.6 Å². The summed E-state index contributed by atoms with van der Waals surface area (Å²) in [5.74, 6) is -2.35. The zero-order valence-electron chi connectivity index (χ0n) is 19.4. The van der Waals surface area contributed by atoms with E-state index < -0.39 is 29.8 Å². The Morgan fingerprint density at radius 1 is 1.17 bits per heavy atom. The van der Waals surface area contributed by atoms with E-state index in [1.54, 1.807) is 12.1 Å². The molecule has 0 saturated heterocycles. The third-order valence-corrected chi connectivity index (χ3v) is 5.74. The second-order valence-electron chi connectivity index (χ2n) is 8.05. The summed E-state index contributed by atoms with van der Waals surface area (Å²) in [5, 5.41) is 5.33. The molecule has 1 heterocycles. The maximum absolute atomic E-state index is 12.7. The van der Waals surface area contributed by atoms with Crippen molar-refractivity contribution in [3.8, 4) is 0 Å². The Balaban J connectivity index is 1.60. The van der Waals surface area contributed by atoms with Gasteiger partial charge in [0.25, 0.3) is 11.5 Å². The molecule has 12 nitrogen and oxygen atoms in total. The molecule has 0 bridgehead atoms. The van der Waals surface area contributed by atoms with E-state index in [0.29, 0.717) is 29.8 Å². The topological polar surface area (TPSA) is 183 Å².